The number of piperidine rings is 1. The van der Waals surface area contributed by atoms with Crippen molar-refractivity contribution in [1.29, 1.82) is 0 Å². The number of benzene rings is 1. The van der Waals surface area contributed by atoms with Crippen molar-refractivity contribution in [2.45, 2.75) is 44.8 Å². The number of β-amino-alcohol motifs (C(OH)–C–C–N with tert-alkyl or cyclic N) is 1. The fourth-order valence-corrected chi connectivity index (χ4v) is 3.20. The SMILES string of the molecule is CCNC(CCN1CCCC(C)(O)C1)c1ccccc1F. The Morgan fingerprint density at radius 3 is 2.86 bits per heavy atom. The molecule has 1 aromatic rings. The Bertz CT molecular complexity index is 450. The molecule has 2 atom stereocenters. The summed E-state index contributed by atoms with van der Waals surface area (Å²) in [5.41, 5.74) is 0.160. The Labute approximate surface area is 127 Å². The molecule has 4 heteroatoms. The topological polar surface area (TPSA) is 35.5 Å². The third-order valence-corrected chi connectivity index (χ3v) is 4.22. The molecule has 1 aliphatic heterocycles. The van der Waals surface area contributed by atoms with Gasteiger partial charge in [-0.25, -0.2) is 4.39 Å². The van der Waals surface area contributed by atoms with E-state index < -0.39 is 5.60 Å². The number of nitrogens with zero attached hydrogens (tertiary/aromatic N) is 1. The molecule has 0 spiro atoms. The van der Waals surface area contributed by atoms with E-state index in [1.165, 1.54) is 6.07 Å². The molecule has 118 valence electrons. The summed E-state index contributed by atoms with van der Waals surface area (Å²) in [6, 6.07) is 7.02. The van der Waals surface area contributed by atoms with Crippen molar-refractivity contribution in [3.05, 3.63) is 35.6 Å². The fraction of sp³-hybridized carbons (Fsp3) is 0.647. The first-order valence-electron chi connectivity index (χ1n) is 7.94. The minimum Gasteiger partial charge on any atom is -0.389 e. The van der Waals surface area contributed by atoms with Crippen molar-refractivity contribution < 1.29 is 9.50 Å². The van der Waals surface area contributed by atoms with Gasteiger partial charge in [-0.1, -0.05) is 25.1 Å². The molecular formula is C17H27FN2O. The van der Waals surface area contributed by atoms with Gasteiger partial charge in [0.25, 0.3) is 0 Å². The van der Waals surface area contributed by atoms with Crippen LogP contribution in [0.25, 0.3) is 0 Å². The van der Waals surface area contributed by atoms with Gasteiger partial charge in [0.1, 0.15) is 5.82 Å². The molecule has 21 heavy (non-hydrogen) atoms. The highest BCUT2D eigenvalue weighted by Gasteiger charge is 2.28. The number of likely N-dealkylation sites (tertiary alicyclic amines) is 1. The summed E-state index contributed by atoms with van der Waals surface area (Å²) in [7, 11) is 0. The van der Waals surface area contributed by atoms with Crippen LogP contribution < -0.4 is 5.32 Å². The molecule has 0 aromatic heterocycles. The van der Waals surface area contributed by atoms with Crippen LogP contribution in [0.4, 0.5) is 4.39 Å². The minimum atomic E-state index is -0.579. The molecule has 3 nitrogen and oxygen atoms in total. The molecule has 1 aromatic carbocycles. The first kappa shape index (κ1) is 16.4. The molecule has 0 amide bonds. The van der Waals surface area contributed by atoms with E-state index in [0.29, 0.717) is 6.54 Å². The Morgan fingerprint density at radius 2 is 2.19 bits per heavy atom. The van der Waals surface area contributed by atoms with E-state index in [0.717, 1.165) is 44.5 Å². The van der Waals surface area contributed by atoms with Gasteiger partial charge in [-0.15, -0.1) is 0 Å². The largest absolute Gasteiger partial charge is 0.389 e. The maximum Gasteiger partial charge on any atom is 0.127 e. The van der Waals surface area contributed by atoms with Gasteiger partial charge < -0.3 is 15.3 Å². The van der Waals surface area contributed by atoms with Crippen LogP contribution in [0, 0.1) is 5.82 Å². The van der Waals surface area contributed by atoms with Gasteiger partial charge in [-0.3, -0.25) is 0 Å². The highest BCUT2D eigenvalue weighted by Crippen LogP contribution is 2.24. The zero-order chi connectivity index (χ0) is 15.3. The van der Waals surface area contributed by atoms with Crippen molar-refractivity contribution >= 4 is 0 Å². The number of rotatable bonds is 6. The quantitative estimate of drug-likeness (QED) is 0.847. The highest BCUT2D eigenvalue weighted by atomic mass is 19.1. The first-order valence-corrected chi connectivity index (χ1v) is 7.94. The third-order valence-electron chi connectivity index (χ3n) is 4.22. The number of hydrogen-bond acceptors (Lipinski definition) is 3. The number of halogens is 1. The van der Waals surface area contributed by atoms with Crippen molar-refractivity contribution in [2.75, 3.05) is 26.2 Å². The van der Waals surface area contributed by atoms with Crippen LogP contribution in [-0.4, -0.2) is 41.8 Å². The van der Waals surface area contributed by atoms with Gasteiger partial charge in [-0.2, -0.15) is 0 Å². The van der Waals surface area contributed by atoms with Crippen molar-refractivity contribution in [2.24, 2.45) is 0 Å². The molecule has 2 N–H and O–H groups in total. The van der Waals surface area contributed by atoms with Crippen LogP contribution in [0.1, 0.15) is 44.7 Å². The van der Waals surface area contributed by atoms with E-state index in [2.05, 4.69) is 10.2 Å². The van der Waals surface area contributed by atoms with Crippen molar-refractivity contribution in [3.63, 3.8) is 0 Å². The Kier molecular flexibility index (Phi) is 5.73. The maximum atomic E-state index is 14.0. The predicted octanol–water partition coefficient (Wildman–Crippen LogP) is 2.71. The zero-order valence-corrected chi connectivity index (χ0v) is 13.1. The zero-order valence-electron chi connectivity index (χ0n) is 13.1. The molecule has 0 saturated carbocycles. The lowest BCUT2D eigenvalue weighted by molar-refractivity contribution is -0.0164. The second-order valence-corrected chi connectivity index (χ2v) is 6.30. The summed E-state index contributed by atoms with van der Waals surface area (Å²) in [5.74, 6) is -0.144. The fourth-order valence-electron chi connectivity index (χ4n) is 3.20. The summed E-state index contributed by atoms with van der Waals surface area (Å²) in [6.45, 7) is 7.37. The van der Waals surface area contributed by atoms with Crippen LogP contribution in [0.2, 0.25) is 0 Å². The molecule has 0 bridgehead atoms. The number of hydrogen-bond donors (Lipinski definition) is 2. The summed E-state index contributed by atoms with van der Waals surface area (Å²) >= 11 is 0. The molecule has 1 heterocycles. The van der Waals surface area contributed by atoms with Crippen molar-refractivity contribution in [1.82, 2.24) is 10.2 Å². The van der Waals surface area contributed by atoms with Crippen LogP contribution in [0.15, 0.2) is 24.3 Å². The van der Waals surface area contributed by atoms with Gasteiger partial charge in [-0.05, 0) is 45.3 Å². The maximum absolute atomic E-state index is 14.0. The number of aliphatic hydroxyl groups is 1. The van der Waals surface area contributed by atoms with Gasteiger partial charge in [0, 0.05) is 24.7 Å². The second kappa shape index (κ2) is 7.34. The van der Waals surface area contributed by atoms with Crippen molar-refractivity contribution in [3.8, 4) is 0 Å². The summed E-state index contributed by atoms with van der Waals surface area (Å²) in [6.07, 6.45) is 2.75. The smallest absolute Gasteiger partial charge is 0.127 e. The van der Waals surface area contributed by atoms with E-state index in [1.54, 1.807) is 6.07 Å². The highest BCUT2D eigenvalue weighted by molar-refractivity contribution is 5.21. The van der Waals surface area contributed by atoms with Crippen LogP contribution in [-0.2, 0) is 0 Å². The van der Waals surface area contributed by atoms with E-state index in [4.69, 9.17) is 0 Å². The van der Waals surface area contributed by atoms with Gasteiger partial charge >= 0.3 is 0 Å². The van der Waals surface area contributed by atoms with Gasteiger partial charge in [0.2, 0.25) is 0 Å². The summed E-state index contributed by atoms with van der Waals surface area (Å²) < 4.78 is 14.0. The molecular weight excluding hydrogens is 267 g/mol. The lowest BCUT2D eigenvalue weighted by Crippen LogP contribution is -2.46. The van der Waals surface area contributed by atoms with Crippen LogP contribution in [0.3, 0.4) is 0 Å². The Balaban J connectivity index is 1.96. The lowest BCUT2D eigenvalue weighted by Gasteiger charge is -2.37. The second-order valence-electron chi connectivity index (χ2n) is 6.30. The van der Waals surface area contributed by atoms with E-state index >= 15 is 0 Å². The molecule has 1 saturated heterocycles. The van der Waals surface area contributed by atoms with Crippen LogP contribution in [0.5, 0.6) is 0 Å². The normalized spacial score (nSPS) is 25.0. The molecule has 0 aliphatic carbocycles. The summed E-state index contributed by atoms with van der Waals surface area (Å²) in [4.78, 5) is 2.29. The standard InChI is InChI=1S/C17H27FN2O/c1-3-19-16(14-7-4-5-8-15(14)18)9-12-20-11-6-10-17(2,21)13-20/h4-5,7-8,16,19,21H,3,6,9-13H2,1-2H3. The average molecular weight is 294 g/mol. The monoisotopic (exact) mass is 294 g/mol. The summed E-state index contributed by atoms with van der Waals surface area (Å²) in [5, 5.41) is 13.5. The lowest BCUT2D eigenvalue weighted by atomic mass is 9.94. The van der Waals surface area contributed by atoms with Crippen LogP contribution >= 0.6 is 0 Å². The Hall–Kier alpha value is -0.970. The molecule has 1 aliphatic rings. The van der Waals surface area contributed by atoms with Gasteiger partial charge in [0.15, 0.2) is 0 Å². The first-order chi connectivity index (χ1) is 10.0. The molecule has 0 radical (unpaired) electrons. The molecule has 2 unspecified atom stereocenters. The predicted molar refractivity (Wildman–Crippen MR) is 83.7 cm³/mol. The average Bonchev–Trinajstić information content (AvgIpc) is 2.43. The molecule has 2 rings (SSSR count). The molecule has 1 fully saturated rings. The Morgan fingerprint density at radius 1 is 1.43 bits per heavy atom. The number of nitrogens with one attached hydrogen (secondary N) is 1. The third kappa shape index (κ3) is 4.77. The van der Waals surface area contributed by atoms with E-state index in [1.807, 2.05) is 26.0 Å². The van der Waals surface area contributed by atoms with E-state index in [9.17, 15) is 9.50 Å². The minimum absolute atomic E-state index is 0.0306. The van der Waals surface area contributed by atoms with E-state index in [-0.39, 0.29) is 11.9 Å². The van der Waals surface area contributed by atoms with Gasteiger partial charge in [0.05, 0.1) is 5.60 Å².